The third-order valence-electron chi connectivity index (χ3n) is 5.58. The number of carbonyl (C=O) groups excluding carboxylic acids is 1. The van der Waals surface area contributed by atoms with Gasteiger partial charge in [0.15, 0.2) is 0 Å². The zero-order valence-electron chi connectivity index (χ0n) is 19.3. The molecule has 0 aliphatic carbocycles. The van der Waals surface area contributed by atoms with Gasteiger partial charge in [0.25, 0.3) is 15.9 Å². The molecule has 0 atom stereocenters. The number of benzene rings is 3. The third-order valence-corrected chi connectivity index (χ3v) is 7.38. The van der Waals surface area contributed by atoms with Crippen molar-refractivity contribution in [3.63, 3.8) is 0 Å². The van der Waals surface area contributed by atoms with Crippen molar-refractivity contribution in [3.05, 3.63) is 108 Å². The maximum atomic E-state index is 12.9. The number of hydrogen-bond donors (Lipinski definition) is 0. The third kappa shape index (κ3) is 4.87. The van der Waals surface area contributed by atoms with E-state index in [0.29, 0.717) is 17.8 Å². The number of anilines is 1. The van der Waals surface area contributed by atoms with Crippen molar-refractivity contribution in [3.8, 4) is 5.69 Å². The normalized spacial score (nSPS) is 11.3. The Balaban J connectivity index is 1.44. The summed E-state index contributed by atoms with van der Waals surface area (Å²) in [6.45, 7) is 2.30. The van der Waals surface area contributed by atoms with Gasteiger partial charge in [0.2, 0.25) is 0 Å². The van der Waals surface area contributed by atoms with Gasteiger partial charge in [-0.05, 0) is 55.5 Å². The average molecular weight is 475 g/mol. The van der Waals surface area contributed by atoms with Crippen LogP contribution in [0.1, 0.15) is 21.5 Å². The van der Waals surface area contributed by atoms with E-state index in [2.05, 4.69) is 5.10 Å². The van der Waals surface area contributed by atoms with E-state index >= 15 is 0 Å². The van der Waals surface area contributed by atoms with E-state index in [0.717, 1.165) is 16.8 Å². The molecule has 0 aliphatic heterocycles. The van der Waals surface area contributed by atoms with Gasteiger partial charge in [-0.2, -0.15) is 5.10 Å². The van der Waals surface area contributed by atoms with Crippen molar-refractivity contribution in [2.75, 3.05) is 18.4 Å². The summed E-state index contributed by atoms with van der Waals surface area (Å²) in [5.41, 5.74) is 3.79. The first-order valence-corrected chi connectivity index (χ1v) is 12.2. The van der Waals surface area contributed by atoms with Crippen LogP contribution in [0.15, 0.2) is 96.2 Å². The van der Waals surface area contributed by atoms with E-state index < -0.39 is 10.0 Å². The van der Waals surface area contributed by atoms with Crippen LogP contribution in [-0.4, -0.2) is 43.1 Å². The predicted molar refractivity (Wildman–Crippen MR) is 133 cm³/mol. The summed E-state index contributed by atoms with van der Waals surface area (Å²) < 4.78 is 28.8. The summed E-state index contributed by atoms with van der Waals surface area (Å²) >= 11 is 0. The number of aryl methyl sites for hydroxylation is 1. The highest BCUT2D eigenvalue weighted by molar-refractivity contribution is 7.92. The van der Waals surface area contributed by atoms with Crippen molar-refractivity contribution >= 4 is 21.6 Å². The van der Waals surface area contributed by atoms with E-state index in [-0.39, 0.29) is 10.8 Å². The molecule has 4 rings (SSSR count). The molecule has 0 spiro atoms. The maximum Gasteiger partial charge on any atom is 0.264 e. The Morgan fingerprint density at radius 3 is 2.21 bits per heavy atom. The summed E-state index contributed by atoms with van der Waals surface area (Å²) in [6.07, 6.45) is 3.64. The van der Waals surface area contributed by atoms with E-state index in [4.69, 9.17) is 0 Å². The summed E-state index contributed by atoms with van der Waals surface area (Å²) in [5.74, 6) is -0.164. The highest BCUT2D eigenvalue weighted by Gasteiger charge is 2.22. The summed E-state index contributed by atoms with van der Waals surface area (Å²) in [7, 11) is -0.462. The van der Waals surface area contributed by atoms with Crippen molar-refractivity contribution in [2.24, 2.45) is 0 Å². The van der Waals surface area contributed by atoms with Crippen LogP contribution in [0.5, 0.6) is 0 Å². The lowest BCUT2D eigenvalue weighted by atomic mass is 10.1. The minimum absolute atomic E-state index is 0.164. The van der Waals surface area contributed by atoms with Crippen molar-refractivity contribution in [1.82, 2.24) is 14.7 Å². The first-order chi connectivity index (χ1) is 16.3. The number of amides is 1. The fourth-order valence-electron chi connectivity index (χ4n) is 3.55. The number of rotatable bonds is 7. The first-order valence-electron chi connectivity index (χ1n) is 10.8. The van der Waals surface area contributed by atoms with Gasteiger partial charge >= 0.3 is 0 Å². The van der Waals surface area contributed by atoms with Gasteiger partial charge in [-0.15, -0.1) is 0 Å². The Morgan fingerprint density at radius 2 is 1.56 bits per heavy atom. The molecular weight excluding hydrogens is 448 g/mol. The highest BCUT2D eigenvalue weighted by Crippen LogP contribution is 2.23. The lowest BCUT2D eigenvalue weighted by molar-refractivity contribution is 0.0785. The van der Waals surface area contributed by atoms with Crippen molar-refractivity contribution < 1.29 is 13.2 Å². The molecule has 1 aromatic heterocycles. The molecule has 1 amide bonds. The topological polar surface area (TPSA) is 75.5 Å². The molecule has 4 aromatic rings. The highest BCUT2D eigenvalue weighted by atomic mass is 32.2. The van der Waals surface area contributed by atoms with Crippen molar-refractivity contribution in [2.45, 2.75) is 18.4 Å². The molecule has 0 saturated carbocycles. The van der Waals surface area contributed by atoms with Gasteiger partial charge in [0.05, 0.1) is 22.5 Å². The fraction of sp³-hybridized carbons (Fsp3) is 0.154. The van der Waals surface area contributed by atoms with E-state index in [1.54, 1.807) is 71.4 Å². The molecule has 0 saturated heterocycles. The van der Waals surface area contributed by atoms with Crippen LogP contribution in [0.3, 0.4) is 0 Å². The SMILES string of the molecule is Cc1ccc(S(=O)(=O)N(C)c2ccc(C(=O)N(C)Cc3cnn(-c4ccccc4)c3)cc2)cc1. The Bertz CT molecular complexity index is 1380. The first kappa shape index (κ1) is 23.3. The molecule has 3 aromatic carbocycles. The van der Waals surface area contributed by atoms with Gasteiger partial charge in [0.1, 0.15) is 0 Å². The van der Waals surface area contributed by atoms with Crippen LogP contribution in [-0.2, 0) is 16.6 Å². The van der Waals surface area contributed by atoms with Gasteiger partial charge in [0, 0.05) is 38.0 Å². The lowest BCUT2D eigenvalue weighted by Gasteiger charge is -2.21. The maximum absolute atomic E-state index is 12.9. The number of para-hydroxylation sites is 1. The van der Waals surface area contributed by atoms with E-state index in [1.807, 2.05) is 43.5 Å². The summed E-state index contributed by atoms with van der Waals surface area (Å²) in [5, 5.41) is 4.37. The molecule has 1 heterocycles. The predicted octanol–water partition coefficient (Wildman–Crippen LogP) is 4.28. The molecule has 8 heteroatoms. The van der Waals surface area contributed by atoms with Crippen LogP contribution >= 0.6 is 0 Å². The molecule has 0 N–H and O–H groups in total. The van der Waals surface area contributed by atoms with Gasteiger partial charge in [-0.3, -0.25) is 9.10 Å². The van der Waals surface area contributed by atoms with Gasteiger partial charge < -0.3 is 4.90 Å². The van der Waals surface area contributed by atoms with Gasteiger partial charge in [-0.25, -0.2) is 13.1 Å². The number of aromatic nitrogens is 2. The van der Waals surface area contributed by atoms with E-state index in [1.165, 1.54) is 11.4 Å². The van der Waals surface area contributed by atoms with Gasteiger partial charge in [-0.1, -0.05) is 35.9 Å². The fourth-order valence-corrected chi connectivity index (χ4v) is 4.75. The zero-order chi connectivity index (χ0) is 24.3. The molecule has 7 nitrogen and oxygen atoms in total. The quantitative estimate of drug-likeness (QED) is 0.401. The van der Waals surface area contributed by atoms with Crippen LogP contribution in [0, 0.1) is 6.92 Å². The number of hydrogen-bond acceptors (Lipinski definition) is 4. The molecule has 34 heavy (non-hydrogen) atoms. The molecule has 0 aliphatic rings. The number of sulfonamides is 1. The molecule has 0 radical (unpaired) electrons. The minimum atomic E-state index is -3.69. The molecular formula is C26H26N4O3S. The van der Waals surface area contributed by atoms with E-state index in [9.17, 15) is 13.2 Å². The molecule has 0 bridgehead atoms. The smallest absolute Gasteiger partial charge is 0.264 e. The molecule has 0 unspecified atom stereocenters. The zero-order valence-corrected chi connectivity index (χ0v) is 20.1. The number of carbonyl (C=O) groups is 1. The summed E-state index contributed by atoms with van der Waals surface area (Å²) in [4.78, 5) is 14.7. The minimum Gasteiger partial charge on any atom is -0.337 e. The average Bonchev–Trinajstić information content (AvgIpc) is 3.32. The van der Waals surface area contributed by atoms with Crippen LogP contribution in [0.4, 0.5) is 5.69 Å². The Hall–Kier alpha value is -3.91. The second kappa shape index (κ2) is 9.52. The molecule has 0 fully saturated rings. The number of nitrogens with zero attached hydrogens (tertiary/aromatic N) is 4. The van der Waals surface area contributed by atoms with Crippen LogP contribution < -0.4 is 4.31 Å². The summed E-state index contributed by atoms with van der Waals surface area (Å²) in [6, 6.07) is 23.0. The largest absolute Gasteiger partial charge is 0.337 e. The van der Waals surface area contributed by atoms with Crippen LogP contribution in [0.2, 0.25) is 0 Å². The van der Waals surface area contributed by atoms with Crippen molar-refractivity contribution in [1.29, 1.82) is 0 Å². The lowest BCUT2D eigenvalue weighted by Crippen LogP contribution is -2.27. The Kier molecular flexibility index (Phi) is 6.51. The second-order valence-electron chi connectivity index (χ2n) is 8.12. The molecule has 174 valence electrons. The second-order valence-corrected chi connectivity index (χ2v) is 10.1. The monoisotopic (exact) mass is 474 g/mol. The Labute approximate surface area is 199 Å². The standard InChI is InChI=1S/C26H26N4O3S/c1-20-9-15-25(16-10-20)34(32,33)29(3)23-13-11-22(12-14-23)26(31)28(2)18-21-17-27-30(19-21)24-7-5-4-6-8-24/h4-17,19H,18H2,1-3H3. The Morgan fingerprint density at radius 1 is 0.912 bits per heavy atom. The van der Waals surface area contributed by atoms with Crippen LogP contribution in [0.25, 0.3) is 5.69 Å².